The van der Waals surface area contributed by atoms with Gasteiger partial charge in [0, 0.05) is 17.5 Å². The van der Waals surface area contributed by atoms with Gasteiger partial charge in [-0.2, -0.15) is 17.0 Å². The topological polar surface area (TPSA) is 12.9 Å². The minimum Gasteiger partial charge on any atom is -0.226 e. The summed E-state index contributed by atoms with van der Waals surface area (Å²) < 4.78 is 12.6. The average Bonchev–Trinajstić information content (AvgIpc) is 1.94. The number of aromatic nitrogens is 1. The monoisotopic (exact) mass is 177 g/mol. The molecule has 0 aliphatic rings. The maximum atomic E-state index is 12.6. The normalized spacial score (nSPS) is 9.90. The molecule has 0 atom stereocenters. The summed E-state index contributed by atoms with van der Waals surface area (Å²) in [7, 11) is 0. The zero-order valence-electron chi connectivity index (χ0n) is 5.01. The highest BCUT2D eigenvalue weighted by Crippen LogP contribution is 2.13. The Kier molecular flexibility index (Phi) is 2.51. The standard InChI is InChI=1S/C6H5ClFNS/c7-5-1-4(3-10)6(8)9-2-5/h1-2,10H,3H2. The summed E-state index contributed by atoms with van der Waals surface area (Å²) in [6, 6.07) is 1.51. The lowest BCUT2D eigenvalue weighted by Crippen LogP contribution is -1.89. The van der Waals surface area contributed by atoms with Crippen molar-refractivity contribution in [2.75, 3.05) is 0 Å². The van der Waals surface area contributed by atoms with Crippen LogP contribution in [-0.4, -0.2) is 4.98 Å². The Morgan fingerprint density at radius 3 is 2.90 bits per heavy atom. The first kappa shape index (κ1) is 7.82. The Labute approximate surface area is 68.6 Å². The van der Waals surface area contributed by atoms with Gasteiger partial charge in [0.05, 0.1) is 5.02 Å². The van der Waals surface area contributed by atoms with Crippen molar-refractivity contribution in [1.29, 1.82) is 0 Å². The minimum absolute atomic E-state index is 0.319. The number of hydrogen-bond acceptors (Lipinski definition) is 2. The molecule has 0 bridgehead atoms. The summed E-state index contributed by atoms with van der Waals surface area (Å²) in [6.07, 6.45) is 1.27. The van der Waals surface area contributed by atoms with Crippen molar-refractivity contribution in [3.8, 4) is 0 Å². The smallest absolute Gasteiger partial charge is 0.216 e. The average molecular weight is 178 g/mol. The molecule has 0 amide bonds. The van der Waals surface area contributed by atoms with Gasteiger partial charge in [-0.1, -0.05) is 11.6 Å². The molecule has 10 heavy (non-hydrogen) atoms. The Balaban J connectivity index is 3.09. The van der Waals surface area contributed by atoms with Crippen molar-refractivity contribution in [2.45, 2.75) is 5.75 Å². The van der Waals surface area contributed by atoms with Crippen molar-refractivity contribution in [3.63, 3.8) is 0 Å². The van der Waals surface area contributed by atoms with Crippen LogP contribution >= 0.6 is 24.2 Å². The van der Waals surface area contributed by atoms with Gasteiger partial charge in [0.25, 0.3) is 0 Å². The highest BCUT2D eigenvalue weighted by Gasteiger charge is 2.00. The van der Waals surface area contributed by atoms with Crippen molar-refractivity contribution >= 4 is 24.2 Å². The molecule has 0 aliphatic heterocycles. The fourth-order valence-electron chi connectivity index (χ4n) is 0.575. The van der Waals surface area contributed by atoms with Gasteiger partial charge in [0.15, 0.2) is 0 Å². The summed E-state index contributed by atoms with van der Waals surface area (Å²) >= 11 is 9.42. The van der Waals surface area contributed by atoms with E-state index in [9.17, 15) is 4.39 Å². The molecule has 0 fully saturated rings. The van der Waals surface area contributed by atoms with Crippen LogP contribution in [0.1, 0.15) is 5.56 Å². The molecular weight excluding hydrogens is 173 g/mol. The van der Waals surface area contributed by atoms with E-state index in [4.69, 9.17) is 11.6 Å². The maximum absolute atomic E-state index is 12.6. The van der Waals surface area contributed by atoms with Crippen LogP contribution in [0.15, 0.2) is 12.3 Å². The van der Waals surface area contributed by atoms with E-state index < -0.39 is 5.95 Å². The molecule has 4 heteroatoms. The minimum atomic E-state index is -0.501. The zero-order chi connectivity index (χ0) is 7.56. The quantitative estimate of drug-likeness (QED) is 0.513. The lowest BCUT2D eigenvalue weighted by Gasteiger charge is -1.96. The highest BCUT2D eigenvalue weighted by molar-refractivity contribution is 7.79. The molecule has 0 aliphatic carbocycles. The Morgan fingerprint density at radius 2 is 2.40 bits per heavy atom. The van der Waals surface area contributed by atoms with Crippen LogP contribution in [0.2, 0.25) is 5.02 Å². The van der Waals surface area contributed by atoms with Crippen molar-refractivity contribution in [1.82, 2.24) is 4.98 Å². The number of halogens is 2. The third-order valence-corrected chi connectivity index (χ3v) is 1.60. The van der Waals surface area contributed by atoms with Gasteiger partial charge in [-0.25, -0.2) is 4.98 Å². The predicted octanol–water partition coefficient (Wildman–Crippen LogP) is 2.30. The summed E-state index contributed by atoms with van der Waals surface area (Å²) in [5.74, 6) is -0.182. The number of nitrogens with zero attached hydrogens (tertiary/aromatic N) is 1. The zero-order valence-corrected chi connectivity index (χ0v) is 6.66. The van der Waals surface area contributed by atoms with E-state index in [2.05, 4.69) is 17.6 Å². The summed E-state index contributed by atoms with van der Waals surface area (Å²) in [5.41, 5.74) is 0.427. The molecule has 0 aromatic carbocycles. The second-order valence-corrected chi connectivity index (χ2v) is 2.51. The maximum Gasteiger partial charge on any atom is 0.216 e. The van der Waals surface area contributed by atoms with Crippen LogP contribution in [0, 0.1) is 5.95 Å². The molecule has 0 radical (unpaired) electrons. The number of rotatable bonds is 1. The largest absolute Gasteiger partial charge is 0.226 e. The highest BCUT2D eigenvalue weighted by atomic mass is 35.5. The molecule has 1 aromatic rings. The van der Waals surface area contributed by atoms with Gasteiger partial charge in [0.2, 0.25) is 5.95 Å². The second kappa shape index (κ2) is 3.21. The van der Waals surface area contributed by atoms with Crippen molar-refractivity contribution < 1.29 is 4.39 Å². The molecular formula is C6H5ClFNS. The number of hydrogen-bond donors (Lipinski definition) is 1. The predicted molar refractivity (Wildman–Crippen MR) is 41.9 cm³/mol. The lowest BCUT2D eigenvalue weighted by atomic mass is 10.3. The van der Waals surface area contributed by atoms with Gasteiger partial charge < -0.3 is 0 Å². The van der Waals surface area contributed by atoms with E-state index in [0.717, 1.165) is 0 Å². The number of thiol groups is 1. The third-order valence-electron chi connectivity index (χ3n) is 1.05. The molecule has 1 rings (SSSR count). The molecule has 0 N–H and O–H groups in total. The van der Waals surface area contributed by atoms with Crippen LogP contribution in [0.25, 0.3) is 0 Å². The summed E-state index contributed by atoms with van der Waals surface area (Å²) in [6.45, 7) is 0. The van der Waals surface area contributed by atoms with Gasteiger partial charge in [-0.3, -0.25) is 0 Å². The van der Waals surface area contributed by atoms with Crippen LogP contribution in [-0.2, 0) is 5.75 Å². The Bertz CT molecular complexity index is 241. The Morgan fingerprint density at radius 1 is 1.70 bits per heavy atom. The fraction of sp³-hybridized carbons (Fsp3) is 0.167. The molecule has 0 spiro atoms. The summed E-state index contributed by atoms with van der Waals surface area (Å²) in [5, 5.41) is 0.436. The van der Waals surface area contributed by atoms with Crippen molar-refractivity contribution in [3.05, 3.63) is 28.8 Å². The molecule has 0 saturated heterocycles. The van der Waals surface area contributed by atoms with Crippen LogP contribution in [0.5, 0.6) is 0 Å². The number of pyridine rings is 1. The molecule has 0 unspecified atom stereocenters. The first-order chi connectivity index (χ1) is 4.74. The SMILES string of the molecule is Fc1ncc(Cl)cc1CS. The molecule has 54 valence electrons. The van der Waals surface area contributed by atoms with E-state index in [1.165, 1.54) is 12.3 Å². The van der Waals surface area contributed by atoms with Gasteiger partial charge in [0.1, 0.15) is 0 Å². The van der Waals surface area contributed by atoms with E-state index in [-0.39, 0.29) is 0 Å². The van der Waals surface area contributed by atoms with E-state index in [1.54, 1.807) is 0 Å². The van der Waals surface area contributed by atoms with Crippen LogP contribution in [0.4, 0.5) is 4.39 Å². The van der Waals surface area contributed by atoms with Crippen LogP contribution in [0.3, 0.4) is 0 Å². The third kappa shape index (κ3) is 1.61. The van der Waals surface area contributed by atoms with Gasteiger partial charge >= 0.3 is 0 Å². The molecule has 1 nitrogen and oxygen atoms in total. The molecule has 1 heterocycles. The summed E-state index contributed by atoms with van der Waals surface area (Å²) in [4.78, 5) is 3.40. The van der Waals surface area contributed by atoms with Crippen molar-refractivity contribution in [2.24, 2.45) is 0 Å². The second-order valence-electron chi connectivity index (χ2n) is 1.76. The molecule has 1 aromatic heterocycles. The fourth-order valence-corrected chi connectivity index (χ4v) is 0.978. The van der Waals surface area contributed by atoms with Gasteiger partial charge in [-0.15, -0.1) is 0 Å². The first-order valence-electron chi connectivity index (χ1n) is 2.65. The van der Waals surface area contributed by atoms with E-state index in [1.807, 2.05) is 0 Å². The van der Waals surface area contributed by atoms with E-state index >= 15 is 0 Å². The lowest BCUT2D eigenvalue weighted by molar-refractivity contribution is 0.573. The molecule has 0 saturated carbocycles. The first-order valence-corrected chi connectivity index (χ1v) is 3.66. The van der Waals surface area contributed by atoms with Gasteiger partial charge in [-0.05, 0) is 6.07 Å². The Hall–Kier alpha value is -0.280. The van der Waals surface area contributed by atoms with Crippen LogP contribution < -0.4 is 0 Å². The van der Waals surface area contributed by atoms with E-state index in [0.29, 0.717) is 16.3 Å².